The maximum Gasteiger partial charge on any atom is 0.317 e. The molecule has 1 saturated heterocycles. The molecule has 1 aromatic carbocycles. The number of nitrogens with zero attached hydrogens (tertiary/aromatic N) is 2. The van der Waals surface area contributed by atoms with Crippen molar-refractivity contribution in [3.05, 3.63) is 24.3 Å². The quantitative estimate of drug-likeness (QED) is 0.798. The van der Waals surface area contributed by atoms with Crippen molar-refractivity contribution in [2.75, 3.05) is 44.3 Å². The summed E-state index contributed by atoms with van der Waals surface area (Å²) in [6, 6.07) is 7.59. The van der Waals surface area contributed by atoms with Crippen LogP contribution in [0, 0.1) is 0 Å². The van der Waals surface area contributed by atoms with Gasteiger partial charge in [0.1, 0.15) is 0 Å². The number of hydrogen-bond acceptors (Lipinski definition) is 4. The molecule has 1 unspecified atom stereocenters. The Bertz CT molecular complexity index is 573. The van der Waals surface area contributed by atoms with Crippen molar-refractivity contribution in [1.82, 2.24) is 15.1 Å². The second-order valence-corrected chi connectivity index (χ2v) is 6.64. The highest BCUT2D eigenvalue weighted by Crippen LogP contribution is 2.19. The Morgan fingerprint density at radius 2 is 1.96 bits per heavy atom. The van der Waals surface area contributed by atoms with Crippen LogP contribution >= 0.6 is 11.8 Å². The zero-order chi connectivity index (χ0) is 17.5. The molecule has 3 amide bonds. The van der Waals surface area contributed by atoms with Gasteiger partial charge in [0.25, 0.3) is 0 Å². The third-order valence-electron chi connectivity index (χ3n) is 4.19. The van der Waals surface area contributed by atoms with Crippen molar-refractivity contribution in [1.29, 1.82) is 0 Å². The van der Waals surface area contributed by atoms with Gasteiger partial charge in [-0.1, -0.05) is 6.07 Å². The SMILES string of the molecule is CCNC(=O)N1CCN(C(C)C(=O)Nc2cccc(SC)c2)CC1. The van der Waals surface area contributed by atoms with Crippen LogP contribution in [-0.2, 0) is 4.79 Å². The Kier molecular flexibility index (Phi) is 6.93. The number of carbonyl (C=O) groups excluding carboxylic acids is 2. The monoisotopic (exact) mass is 350 g/mol. The summed E-state index contributed by atoms with van der Waals surface area (Å²) in [5.41, 5.74) is 0.819. The third kappa shape index (κ3) is 4.88. The van der Waals surface area contributed by atoms with Gasteiger partial charge in [0, 0.05) is 43.3 Å². The van der Waals surface area contributed by atoms with Gasteiger partial charge in [-0.15, -0.1) is 11.8 Å². The van der Waals surface area contributed by atoms with Crippen LogP contribution in [0.15, 0.2) is 29.2 Å². The zero-order valence-corrected chi connectivity index (χ0v) is 15.4. The molecule has 1 heterocycles. The van der Waals surface area contributed by atoms with Crippen molar-refractivity contribution < 1.29 is 9.59 Å². The van der Waals surface area contributed by atoms with Gasteiger partial charge in [-0.2, -0.15) is 0 Å². The van der Waals surface area contributed by atoms with E-state index in [0.717, 1.165) is 10.6 Å². The molecule has 1 atom stereocenters. The van der Waals surface area contributed by atoms with Gasteiger partial charge < -0.3 is 15.5 Å². The molecule has 1 aliphatic heterocycles. The third-order valence-corrected chi connectivity index (χ3v) is 4.92. The van der Waals surface area contributed by atoms with E-state index in [1.807, 2.05) is 44.4 Å². The number of carbonyl (C=O) groups is 2. The Labute approximate surface area is 148 Å². The van der Waals surface area contributed by atoms with E-state index in [1.54, 1.807) is 16.7 Å². The molecule has 7 heteroatoms. The first-order chi connectivity index (χ1) is 11.5. The molecule has 0 aliphatic carbocycles. The molecule has 0 saturated carbocycles. The smallest absolute Gasteiger partial charge is 0.317 e. The van der Waals surface area contributed by atoms with Gasteiger partial charge in [0.05, 0.1) is 6.04 Å². The molecule has 132 valence electrons. The minimum absolute atomic E-state index is 0.0142. The van der Waals surface area contributed by atoms with Crippen molar-refractivity contribution in [3.8, 4) is 0 Å². The number of thioether (sulfide) groups is 1. The lowest BCUT2D eigenvalue weighted by Crippen LogP contribution is -2.55. The Morgan fingerprint density at radius 3 is 2.58 bits per heavy atom. The average molecular weight is 350 g/mol. The van der Waals surface area contributed by atoms with Gasteiger partial charge in [-0.25, -0.2) is 4.79 Å². The van der Waals surface area contributed by atoms with Gasteiger partial charge in [0.2, 0.25) is 5.91 Å². The van der Waals surface area contributed by atoms with Crippen molar-refractivity contribution >= 4 is 29.4 Å². The number of urea groups is 1. The molecule has 1 aromatic rings. The maximum atomic E-state index is 12.5. The number of anilines is 1. The summed E-state index contributed by atoms with van der Waals surface area (Å²) in [6.07, 6.45) is 2.01. The van der Waals surface area contributed by atoms with E-state index in [0.29, 0.717) is 32.7 Å². The largest absolute Gasteiger partial charge is 0.338 e. The van der Waals surface area contributed by atoms with Crippen LogP contribution in [0.5, 0.6) is 0 Å². The molecule has 1 fully saturated rings. The van der Waals surface area contributed by atoms with E-state index >= 15 is 0 Å². The number of benzene rings is 1. The van der Waals surface area contributed by atoms with E-state index in [4.69, 9.17) is 0 Å². The fourth-order valence-corrected chi connectivity index (χ4v) is 3.15. The highest BCUT2D eigenvalue weighted by molar-refractivity contribution is 7.98. The maximum absolute atomic E-state index is 12.5. The summed E-state index contributed by atoms with van der Waals surface area (Å²) in [5.74, 6) is -0.0142. The van der Waals surface area contributed by atoms with E-state index in [2.05, 4.69) is 15.5 Å². The van der Waals surface area contributed by atoms with Crippen LogP contribution in [-0.4, -0.2) is 66.8 Å². The summed E-state index contributed by atoms with van der Waals surface area (Å²) in [5, 5.41) is 5.79. The van der Waals surface area contributed by atoms with Crippen LogP contribution in [0.4, 0.5) is 10.5 Å². The lowest BCUT2D eigenvalue weighted by molar-refractivity contribution is -0.121. The molecule has 6 nitrogen and oxygen atoms in total. The predicted molar refractivity (Wildman–Crippen MR) is 98.5 cm³/mol. The first-order valence-electron chi connectivity index (χ1n) is 8.27. The molecule has 0 spiro atoms. The Balaban J connectivity index is 1.86. The van der Waals surface area contributed by atoms with E-state index in [-0.39, 0.29) is 18.0 Å². The van der Waals surface area contributed by atoms with Gasteiger partial charge in [0.15, 0.2) is 0 Å². The van der Waals surface area contributed by atoms with E-state index < -0.39 is 0 Å². The molecular formula is C17H26N4O2S. The van der Waals surface area contributed by atoms with Gasteiger partial charge >= 0.3 is 6.03 Å². The number of amides is 3. The summed E-state index contributed by atoms with van der Waals surface area (Å²) in [4.78, 5) is 29.3. The average Bonchev–Trinajstić information content (AvgIpc) is 2.61. The normalized spacial score (nSPS) is 16.5. The molecule has 24 heavy (non-hydrogen) atoms. The van der Waals surface area contributed by atoms with Crippen molar-refractivity contribution in [2.24, 2.45) is 0 Å². The Hall–Kier alpha value is -1.73. The van der Waals surface area contributed by atoms with Crippen LogP contribution < -0.4 is 10.6 Å². The topological polar surface area (TPSA) is 64.7 Å². The van der Waals surface area contributed by atoms with Crippen LogP contribution in [0.3, 0.4) is 0 Å². The van der Waals surface area contributed by atoms with Crippen LogP contribution in [0.1, 0.15) is 13.8 Å². The molecular weight excluding hydrogens is 324 g/mol. The first-order valence-corrected chi connectivity index (χ1v) is 9.49. The molecule has 0 radical (unpaired) electrons. The summed E-state index contributed by atoms with van der Waals surface area (Å²) in [7, 11) is 0. The predicted octanol–water partition coefficient (Wildman–Crippen LogP) is 2.08. The summed E-state index contributed by atoms with van der Waals surface area (Å²) >= 11 is 1.65. The standard InChI is InChI=1S/C17H26N4O2S/c1-4-18-17(23)21-10-8-20(9-11-21)13(2)16(22)19-14-6-5-7-15(12-14)24-3/h5-7,12-13H,4,8-11H2,1-3H3,(H,18,23)(H,19,22). The lowest BCUT2D eigenvalue weighted by Gasteiger charge is -2.37. The van der Waals surface area contributed by atoms with Crippen molar-refractivity contribution in [2.45, 2.75) is 24.8 Å². The van der Waals surface area contributed by atoms with Gasteiger partial charge in [-0.05, 0) is 38.3 Å². The molecule has 0 bridgehead atoms. The van der Waals surface area contributed by atoms with E-state index in [1.165, 1.54) is 0 Å². The molecule has 2 rings (SSSR count). The highest BCUT2D eigenvalue weighted by atomic mass is 32.2. The lowest BCUT2D eigenvalue weighted by atomic mass is 10.2. The Morgan fingerprint density at radius 1 is 1.25 bits per heavy atom. The molecule has 1 aliphatic rings. The fourth-order valence-electron chi connectivity index (χ4n) is 2.69. The minimum atomic E-state index is -0.223. The summed E-state index contributed by atoms with van der Waals surface area (Å²) < 4.78 is 0. The second-order valence-electron chi connectivity index (χ2n) is 5.76. The number of piperazine rings is 1. The fraction of sp³-hybridized carbons (Fsp3) is 0.529. The van der Waals surface area contributed by atoms with Crippen LogP contribution in [0.2, 0.25) is 0 Å². The molecule has 0 aromatic heterocycles. The second kappa shape index (κ2) is 8.94. The number of nitrogens with one attached hydrogen (secondary N) is 2. The van der Waals surface area contributed by atoms with E-state index in [9.17, 15) is 9.59 Å². The zero-order valence-electron chi connectivity index (χ0n) is 14.5. The first kappa shape index (κ1) is 18.6. The number of rotatable bonds is 5. The van der Waals surface area contributed by atoms with Gasteiger partial charge in [-0.3, -0.25) is 9.69 Å². The van der Waals surface area contributed by atoms with Crippen LogP contribution in [0.25, 0.3) is 0 Å². The van der Waals surface area contributed by atoms with Crippen molar-refractivity contribution in [3.63, 3.8) is 0 Å². The number of hydrogen-bond donors (Lipinski definition) is 2. The highest BCUT2D eigenvalue weighted by Gasteiger charge is 2.27. The molecule has 2 N–H and O–H groups in total. The minimum Gasteiger partial charge on any atom is -0.338 e. The summed E-state index contributed by atoms with van der Waals surface area (Å²) in [6.45, 7) is 7.15.